The molecule has 1 atom stereocenters. The van der Waals surface area contributed by atoms with Crippen molar-refractivity contribution < 1.29 is 9.13 Å². The van der Waals surface area contributed by atoms with Crippen molar-refractivity contribution in [1.82, 2.24) is 0 Å². The van der Waals surface area contributed by atoms with Gasteiger partial charge >= 0.3 is 0 Å². The molecule has 1 fully saturated rings. The highest BCUT2D eigenvalue weighted by atomic mass is 19.1. The van der Waals surface area contributed by atoms with Crippen LogP contribution in [0.15, 0.2) is 12.1 Å². The van der Waals surface area contributed by atoms with Crippen LogP contribution in [0.1, 0.15) is 39.5 Å². The summed E-state index contributed by atoms with van der Waals surface area (Å²) in [7, 11) is 0. The first-order valence-corrected chi connectivity index (χ1v) is 7.62. The fourth-order valence-electron chi connectivity index (χ4n) is 2.77. The van der Waals surface area contributed by atoms with Gasteiger partial charge in [-0.3, -0.25) is 0 Å². The topological polar surface area (TPSA) is 38.5 Å². The van der Waals surface area contributed by atoms with E-state index in [0.29, 0.717) is 24.0 Å². The van der Waals surface area contributed by atoms with Gasteiger partial charge in [0.1, 0.15) is 0 Å². The molecule has 1 heterocycles. The van der Waals surface area contributed by atoms with Crippen LogP contribution in [-0.2, 0) is 0 Å². The molecule has 1 aromatic carbocycles. The van der Waals surface area contributed by atoms with Crippen LogP contribution in [-0.4, -0.2) is 19.7 Å². The Morgan fingerprint density at radius 2 is 2.20 bits per heavy atom. The number of nitrogens with zero attached hydrogens (tertiary/aromatic N) is 1. The zero-order chi connectivity index (χ0) is 14.5. The van der Waals surface area contributed by atoms with Gasteiger partial charge in [0.25, 0.3) is 0 Å². The minimum Gasteiger partial charge on any atom is -0.490 e. The van der Waals surface area contributed by atoms with E-state index in [9.17, 15) is 4.39 Å². The van der Waals surface area contributed by atoms with Crippen LogP contribution in [0.5, 0.6) is 5.75 Å². The van der Waals surface area contributed by atoms with E-state index in [0.717, 1.165) is 25.2 Å². The van der Waals surface area contributed by atoms with E-state index in [4.69, 9.17) is 10.5 Å². The van der Waals surface area contributed by atoms with Crippen molar-refractivity contribution in [2.75, 3.05) is 30.3 Å². The lowest BCUT2D eigenvalue weighted by Crippen LogP contribution is -2.35. The summed E-state index contributed by atoms with van der Waals surface area (Å²) in [6.07, 6.45) is 4.48. The fraction of sp³-hybridized carbons (Fsp3) is 0.625. The largest absolute Gasteiger partial charge is 0.490 e. The molecule has 2 N–H and O–H groups in total. The van der Waals surface area contributed by atoms with Gasteiger partial charge in [0.15, 0.2) is 11.6 Å². The molecular weight excluding hydrogens is 255 g/mol. The van der Waals surface area contributed by atoms with Crippen molar-refractivity contribution in [1.29, 1.82) is 0 Å². The van der Waals surface area contributed by atoms with Crippen molar-refractivity contribution in [2.24, 2.45) is 5.92 Å². The van der Waals surface area contributed by atoms with Gasteiger partial charge in [-0.05, 0) is 25.2 Å². The number of anilines is 2. The Balaban J connectivity index is 2.21. The lowest BCUT2D eigenvalue weighted by atomic mass is 9.95. The standard InChI is InChI=1S/C16H25FN2O/c1-3-8-20-16-10-15(14(18)9-13(16)17)19-7-5-6-12(4-2)11-19/h9-10,12H,3-8,11,18H2,1-2H3. The highest BCUT2D eigenvalue weighted by Crippen LogP contribution is 2.34. The molecule has 3 nitrogen and oxygen atoms in total. The minimum atomic E-state index is -0.372. The van der Waals surface area contributed by atoms with Gasteiger partial charge < -0.3 is 15.4 Å². The molecule has 1 saturated heterocycles. The van der Waals surface area contributed by atoms with E-state index in [2.05, 4.69) is 11.8 Å². The van der Waals surface area contributed by atoms with E-state index in [1.54, 1.807) is 6.07 Å². The van der Waals surface area contributed by atoms with Crippen LogP contribution in [0.4, 0.5) is 15.8 Å². The van der Waals surface area contributed by atoms with Gasteiger partial charge in [0.05, 0.1) is 18.0 Å². The highest BCUT2D eigenvalue weighted by Gasteiger charge is 2.21. The quantitative estimate of drug-likeness (QED) is 0.833. The predicted molar refractivity (Wildman–Crippen MR) is 81.8 cm³/mol. The molecule has 1 aliphatic rings. The van der Waals surface area contributed by atoms with E-state index in [1.165, 1.54) is 25.3 Å². The first-order valence-electron chi connectivity index (χ1n) is 7.62. The molecule has 0 aliphatic carbocycles. The number of nitrogens with two attached hydrogens (primary N) is 1. The second-order valence-corrected chi connectivity index (χ2v) is 5.55. The molecule has 0 saturated carbocycles. The first kappa shape index (κ1) is 14.9. The van der Waals surface area contributed by atoms with Gasteiger partial charge in [-0.2, -0.15) is 0 Å². The second-order valence-electron chi connectivity index (χ2n) is 5.55. The summed E-state index contributed by atoms with van der Waals surface area (Å²) in [5.74, 6) is 0.645. The summed E-state index contributed by atoms with van der Waals surface area (Å²) >= 11 is 0. The summed E-state index contributed by atoms with van der Waals surface area (Å²) in [5, 5.41) is 0. The lowest BCUT2D eigenvalue weighted by molar-refractivity contribution is 0.301. The Morgan fingerprint density at radius 3 is 2.90 bits per heavy atom. The Morgan fingerprint density at radius 1 is 1.40 bits per heavy atom. The number of halogens is 1. The van der Waals surface area contributed by atoms with Gasteiger partial charge in [-0.25, -0.2) is 4.39 Å². The van der Waals surface area contributed by atoms with Gasteiger partial charge in [-0.15, -0.1) is 0 Å². The molecule has 0 aromatic heterocycles. The Bertz CT molecular complexity index is 450. The molecule has 112 valence electrons. The molecule has 1 aromatic rings. The molecule has 0 spiro atoms. The smallest absolute Gasteiger partial charge is 0.167 e. The SMILES string of the molecule is CCCOc1cc(N2CCCC(CC)C2)c(N)cc1F. The molecule has 1 aliphatic heterocycles. The van der Waals surface area contributed by atoms with Crippen LogP contribution < -0.4 is 15.4 Å². The van der Waals surface area contributed by atoms with Crippen LogP contribution in [0.2, 0.25) is 0 Å². The zero-order valence-electron chi connectivity index (χ0n) is 12.5. The predicted octanol–water partition coefficient (Wildman–Crippen LogP) is 3.82. The molecule has 2 rings (SSSR count). The molecule has 1 unspecified atom stereocenters. The molecule has 0 radical (unpaired) electrons. The number of piperidine rings is 1. The average molecular weight is 280 g/mol. The second kappa shape index (κ2) is 6.82. The monoisotopic (exact) mass is 280 g/mol. The van der Waals surface area contributed by atoms with Crippen LogP contribution >= 0.6 is 0 Å². The van der Waals surface area contributed by atoms with Crippen LogP contribution in [0.25, 0.3) is 0 Å². The summed E-state index contributed by atoms with van der Waals surface area (Å²) in [6.45, 7) is 6.74. The van der Waals surface area contributed by atoms with Crippen LogP contribution in [0, 0.1) is 11.7 Å². The van der Waals surface area contributed by atoms with Gasteiger partial charge in [-0.1, -0.05) is 20.3 Å². The number of ether oxygens (including phenoxy) is 1. The third kappa shape index (κ3) is 3.35. The first-order chi connectivity index (χ1) is 9.65. The average Bonchev–Trinajstić information content (AvgIpc) is 2.46. The maximum atomic E-state index is 13.8. The normalized spacial score (nSPS) is 19.1. The maximum Gasteiger partial charge on any atom is 0.167 e. The van der Waals surface area contributed by atoms with E-state index in [-0.39, 0.29) is 5.82 Å². The lowest BCUT2D eigenvalue weighted by Gasteiger charge is -2.35. The number of nitrogen functional groups attached to an aromatic ring is 1. The van der Waals surface area contributed by atoms with E-state index >= 15 is 0 Å². The molecule has 0 bridgehead atoms. The maximum absolute atomic E-state index is 13.8. The Kier molecular flexibility index (Phi) is 5.10. The highest BCUT2D eigenvalue weighted by molar-refractivity contribution is 5.70. The molecule has 0 amide bonds. The summed E-state index contributed by atoms with van der Waals surface area (Å²) in [4.78, 5) is 2.27. The minimum absolute atomic E-state index is 0.315. The van der Waals surface area contributed by atoms with Gasteiger partial charge in [0.2, 0.25) is 0 Å². The van der Waals surface area contributed by atoms with Crippen molar-refractivity contribution in [3.8, 4) is 5.75 Å². The van der Waals surface area contributed by atoms with E-state index in [1.807, 2.05) is 6.92 Å². The van der Waals surface area contributed by atoms with Crippen molar-refractivity contribution in [2.45, 2.75) is 39.5 Å². The number of hydrogen-bond acceptors (Lipinski definition) is 3. The van der Waals surface area contributed by atoms with Crippen molar-refractivity contribution in [3.05, 3.63) is 17.9 Å². The Labute approximate surface area is 120 Å². The molecule has 20 heavy (non-hydrogen) atoms. The number of benzene rings is 1. The summed E-state index contributed by atoms with van der Waals surface area (Å²) < 4.78 is 19.3. The summed E-state index contributed by atoms with van der Waals surface area (Å²) in [5.41, 5.74) is 7.41. The van der Waals surface area contributed by atoms with Gasteiger partial charge in [0, 0.05) is 25.2 Å². The Hall–Kier alpha value is -1.45. The third-order valence-electron chi connectivity index (χ3n) is 3.98. The number of hydrogen-bond donors (Lipinski definition) is 1. The van der Waals surface area contributed by atoms with Crippen molar-refractivity contribution in [3.63, 3.8) is 0 Å². The molecular formula is C16H25FN2O. The zero-order valence-corrected chi connectivity index (χ0v) is 12.5. The fourth-order valence-corrected chi connectivity index (χ4v) is 2.77. The molecule has 4 heteroatoms. The van der Waals surface area contributed by atoms with Crippen LogP contribution in [0.3, 0.4) is 0 Å². The summed E-state index contributed by atoms with van der Waals surface area (Å²) in [6, 6.07) is 3.15. The van der Waals surface area contributed by atoms with Crippen molar-refractivity contribution >= 4 is 11.4 Å². The van der Waals surface area contributed by atoms with E-state index < -0.39 is 0 Å². The number of rotatable bonds is 5. The third-order valence-corrected chi connectivity index (χ3v) is 3.98.